The molecule has 100 valence electrons. The van der Waals surface area contributed by atoms with E-state index in [0.717, 1.165) is 16.7 Å². The third kappa shape index (κ3) is 3.67. The van der Waals surface area contributed by atoms with E-state index in [-0.39, 0.29) is 5.92 Å². The number of rotatable bonds is 5. The molecule has 0 aliphatic rings. The van der Waals surface area contributed by atoms with Crippen molar-refractivity contribution in [1.29, 1.82) is 0 Å². The van der Waals surface area contributed by atoms with Gasteiger partial charge in [-0.1, -0.05) is 37.6 Å². The lowest BCUT2D eigenvalue weighted by Gasteiger charge is -2.16. The standard InChI is InChI=1S/C14H20O3S/c1-9(2)13(14(15)16)18(17)8-12-7-10(3)5-6-11(12)4/h5-7,9,13H,8H2,1-4H3,(H,15,16)/t13-,18-/m1/s1. The SMILES string of the molecule is Cc1ccc(C)c(C[S@@](=O)[C@@H](C(=O)O)C(C)C)c1. The van der Waals surface area contributed by atoms with Crippen molar-refractivity contribution in [2.24, 2.45) is 5.92 Å². The van der Waals surface area contributed by atoms with E-state index in [0.29, 0.717) is 5.75 Å². The Bertz CT molecular complexity index is 466. The molecule has 0 heterocycles. The summed E-state index contributed by atoms with van der Waals surface area (Å²) in [7, 11) is -1.39. The van der Waals surface area contributed by atoms with Crippen LogP contribution < -0.4 is 0 Å². The zero-order chi connectivity index (χ0) is 13.9. The molecule has 1 aromatic rings. The lowest BCUT2D eigenvalue weighted by molar-refractivity contribution is -0.137. The maximum Gasteiger partial charge on any atom is 0.319 e. The van der Waals surface area contributed by atoms with Gasteiger partial charge in [0, 0.05) is 16.6 Å². The minimum Gasteiger partial charge on any atom is -0.480 e. The van der Waals surface area contributed by atoms with E-state index >= 15 is 0 Å². The van der Waals surface area contributed by atoms with Gasteiger partial charge in [-0.15, -0.1) is 0 Å². The highest BCUT2D eigenvalue weighted by Crippen LogP contribution is 2.18. The fourth-order valence-corrected chi connectivity index (χ4v) is 3.53. The highest BCUT2D eigenvalue weighted by atomic mass is 32.2. The summed E-state index contributed by atoms with van der Waals surface area (Å²) in [5.74, 6) is -0.801. The van der Waals surface area contributed by atoms with Crippen LogP contribution in [0.15, 0.2) is 18.2 Å². The molecule has 3 nitrogen and oxygen atoms in total. The van der Waals surface area contributed by atoms with Crippen LogP contribution in [0.25, 0.3) is 0 Å². The van der Waals surface area contributed by atoms with Crippen molar-refractivity contribution in [3.05, 3.63) is 34.9 Å². The first-order valence-electron chi connectivity index (χ1n) is 5.99. The molecule has 4 heteroatoms. The van der Waals surface area contributed by atoms with Crippen LogP contribution in [-0.2, 0) is 21.3 Å². The zero-order valence-corrected chi connectivity index (χ0v) is 12.1. The van der Waals surface area contributed by atoms with Gasteiger partial charge in [0.2, 0.25) is 0 Å². The average Bonchev–Trinajstić information content (AvgIpc) is 2.22. The second-order valence-electron chi connectivity index (χ2n) is 4.96. The van der Waals surface area contributed by atoms with Crippen LogP contribution in [0.2, 0.25) is 0 Å². The molecule has 1 N–H and O–H groups in total. The molecule has 1 aromatic carbocycles. The lowest BCUT2D eigenvalue weighted by atomic mass is 10.1. The monoisotopic (exact) mass is 268 g/mol. The van der Waals surface area contributed by atoms with Crippen molar-refractivity contribution < 1.29 is 14.1 Å². The van der Waals surface area contributed by atoms with Gasteiger partial charge in [-0.25, -0.2) is 0 Å². The van der Waals surface area contributed by atoms with Crippen LogP contribution in [0.4, 0.5) is 0 Å². The molecule has 0 fully saturated rings. The Morgan fingerprint density at radius 2 is 1.94 bits per heavy atom. The Kier molecular flexibility index (Phi) is 5.08. The normalized spacial score (nSPS) is 14.5. The van der Waals surface area contributed by atoms with Crippen LogP contribution in [0.3, 0.4) is 0 Å². The number of carbonyl (C=O) groups is 1. The smallest absolute Gasteiger partial charge is 0.319 e. The molecular weight excluding hydrogens is 248 g/mol. The Labute approximate surface area is 111 Å². The zero-order valence-electron chi connectivity index (χ0n) is 11.3. The highest BCUT2D eigenvalue weighted by Gasteiger charge is 2.28. The summed E-state index contributed by atoms with van der Waals surface area (Å²) in [6.45, 7) is 7.51. The van der Waals surface area contributed by atoms with Crippen molar-refractivity contribution in [3.8, 4) is 0 Å². The van der Waals surface area contributed by atoms with Crippen LogP contribution in [0, 0.1) is 19.8 Å². The van der Waals surface area contributed by atoms with E-state index < -0.39 is 22.0 Å². The summed E-state index contributed by atoms with van der Waals surface area (Å²) in [4.78, 5) is 11.1. The number of hydrogen-bond donors (Lipinski definition) is 1. The number of aliphatic carboxylic acids is 1. The molecule has 0 aliphatic carbocycles. The van der Waals surface area contributed by atoms with Gasteiger partial charge in [0.1, 0.15) is 5.25 Å². The van der Waals surface area contributed by atoms with Gasteiger partial charge < -0.3 is 5.11 Å². The van der Waals surface area contributed by atoms with E-state index in [4.69, 9.17) is 5.11 Å². The molecule has 0 saturated heterocycles. The predicted molar refractivity (Wildman–Crippen MR) is 74.0 cm³/mol. The third-order valence-corrected chi connectivity index (χ3v) is 4.84. The van der Waals surface area contributed by atoms with Crippen LogP contribution >= 0.6 is 0 Å². The molecule has 18 heavy (non-hydrogen) atoms. The maximum atomic E-state index is 12.2. The molecule has 1 rings (SSSR count). The molecule has 0 amide bonds. The van der Waals surface area contributed by atoms with Gasteiger partial charge in [-0.2, -0.15) is 0 Å². The van der Waals surface area contributed by atoms with E-state index in [1.54, 1.807) is 13.8 Å². The third-order valence-electron chi connectivity index (χ3n) is 2.93. The van der Waals surface area contributed by atoms with Crippen molar-refractivity contribution in [1.82, 2.24) is 0 Å². The Morgan fingerprint density at radius 1 is 1.33 bits per heavy atom. The fourth-order valence-electron chi connectivity index (χ4n) is 1.90. The topological polar surface area (TPSA) is 54.4 Å². The number of hydrogen-bond acceptors (Lipinski definition) is 2. The first-order chi connectivity index (χ1) is 8.32. The van der Waals surface area contributed by atoms with Gasteiger partial charge in [0.15, 0.2) is 0 Å². The van der Waals surface area contributed by atoms with E-state index in [9.17, 15) is 9.00 Å². The number of benzene rings is 1. The molecule has 0 unspecified atom stereocenters. The van der Waals surface area contributed by atoms with Crippen molar-refractivity contribution >= 4 is 16.8 Å². The summed E-state index contributed by atoms with van der Waals surface area (Å²) >= 11 is 0. The van der Waals surface area contributed by atoms with Crippen LogP contribution in [-0.4, -0.2) is 20.5 Å². The van der Waals surface area contributed by atoms with Gasteiger partial charge in [0.25, 0.3) is 0 Å². The van der Waals surface area contributed by atoms with Crippen molar-refractivity contribution in [2.75, 3.05) is 0 Å². The van der Waals surface area contributed by atoms with Crippen LogP contribution in [0.5, 0.6) is 0 Å². The van der Waals surface area contributed by atoms with Gasteiger partial charge in [-0.3, -0.25) is 9.00 Å². The van der Waals surface area contributed by atoms with Crippen molar-refractivity contribution in [2.45, 2.75) is 38.7 Å². The Balaban J connectivity index is 2.92. The van der Waals surface area contributed by atoms with E-state index in [2.05, 4.69) is 0 Å². The summed E-state index contributed by atoms with van der Waals surface area (Å²) in [6.07, 6.45) is 0. The summed E-state index contributed by atoms with van der Waals surface area (Å²) in [6, 6.07) is 5.96. The second kappa shape index (κ2) is 6.14. The largest absolute Gasteiger partial charge is 0.480 e. The molecule has 2 atom stereocenters. The lowest BCUT2D eigenvalue weighted by Crippen LogP contribution is -2.31. The predicted octanol–water partition coefficient (Wildman–Crippen LogP) is 2.66. The Hall–Kier alpha value is -1.16. The molecular formula is C14H20O3S. The summed E-state index contributed by atoms with van der Waals surface area (Å²) < 4.78 is 12.2. The second-order valence-corrected chi connectivity index (χ2v) is 6.52. The minimum atomic E-state index is -1.39. The molecule has 0 bridgehead atoms. The van der Waals surface area contributed by atoms with Gasteiger partial charge in [-0.05, 0) is 30.9 Å². The maximum absolute atomic E-state index is 12.2. The molecule has 0 aromatic heterocycles. The van der Waals surface area contributed by atoms with Gasteiger partial charge in [0.05, 0.1) is 0 Å². The minimum absolute atomic E-state index is 0.131. The molecule has 0 aliphatic heterocycles. The summed E-state index contributed by atoms with van der Waals surface area (Å²) in [5.41, 5.74) is 3.13. The average molecular weight is 268 g/mol. The van der Waals surface area contributed by atoms with Gasteiger partial charge >= 0.3 is 5.97 Å². The van der Waals surface area contributed by atoms with E-state index in [1.165, 1.54) is 0 Å². The first kappa shape index (κ1) is 14.9. The first-order valence-corrected chi connectivity index (χ1v) is 7.37. The number of carboxylic acid groups (broad SMARTS) is 1. The molecule has 0 radical (unpaired) electrons. The number of carboxylic acids is 1. The highest BCUT2D eigenvalue weighted by molar-refractivity contribution is 7.85. The fraction of sp³-hybridized carbons (Fsp3) is 0.500. The quantitative estimate of drug-likeness (QED) is 0.893. The Morgan fingerprint density at radius 3 is 2.44 bits per heavy atom. The number of aryl methyl sites for hydroxylation is 2. The molecule has 0 spiro atoms. The van der Waals surface area contributed by atoms with Crippen LogP contribution in [0.1, 0.15) is 30.5 Å². The van der Waals surface area contributed by atoms with E-state index in [1.807, 2.05) is 32.0 Å². The van der Waals surface area contributed by atoms with Crippen molar-refractivity contribution in [3.63, 3.8) is 0 Å². The molecule has 0 saturated carbocycles. The summed E-state index contributed by atoms with van der Waals surface area (Å²) in [5, 5.41) is 8.32.